The third kappa shape index (κ3) is 15.7. The number of hydrogen-bond acceptors (Lipinski definition) is 0. The minimum atomic E-state index is -1.92. The summed E-state index contributed by atoms with van der Waals surface area (Å²) in [5.41, 5.74) is 0. The average Bonchev–Trinajstić information content (AvgIpc) is 0.811. The van der Waals surface area contributed by atoms with Gasteiger partial charge in [-0.2, -0.15) is 0 Å². The Labute approximate surface area is 41.5 Å². The van der Waals surface area contributed by atoms with E-state index >= 15 is 0 Å². The van der Waals surface area contributed by atoms with E-state index in [1.807, 2.05) is 0 Å². The predicted octanol–water partition coefficient (Wildman–Crippen LogP) is -0.612. The Morgan fingerprint density at radius 1 is 2.25 bits per heavy atom. The fourth-order valence-electron chi connectivity index (χ4n) is 0. The van der Waals surface area contributed by atoms with Gasteiger partial charge in [0.15, 0.2) is 0 Å². The molecule has 0 nitrogen and oxygen atoms in total. The van der Waals surface area contributed by atoms with Crippen molar-refractivity contribution in [1.82, 2.24) is 0 Å². The molecule has 0 fully saturated rings. The maximum atomic E-state index is 10.4. The molecule has 0 unspecified atom stereocenters. The summed E-state index contributed by atoms with van der Waals surface area (Å²) in [6.07, 6.45) is 0. The van der Waals surface area contributed by atoms with Crippen molar-refractivity contribution in [1.29, 1.82) is 1.34 Å². The summed E-state index contributed by atoms with van der Waals surface area (Å²) < 4.78 is 16.1. The van der Waals surface area contributed by atoms with E-state index in [2.05, 4.69) is 7.74 Å². The van der Waals surface area contributed by atoms with Gasteiger partial charge in [0, 0.05) is 21.4 Å². The van der Waals surface area contributed by atoms with Crippen molar-refractivity contribution in [3.8, 4) is 0 Å². The molecule has 0 aliphatic heterocycles. The molecule has 0 heterocycles. The molecule has 0 saturated heterocycles. The Morgan fingerprint density at radius 3 is 2.25 bits per heavy atom. The van der Waals surface area contributed by atoms with Crippen molar-refractivity contribution in [3.63, 3.8) is 0 Å². The molecule has 0 saturated carbocycles. The molecule has 0 aromatic carbocycles. The molecule has 0 rings (SSSR count). The molecule has 4 heteroatoms. The number of halogens is 1. The van der Waals surface area contributed by atoms with Crippen molar-refractivity contribution in [2.75, 3.05) is 0 Å². The van der Waals surface area contributed by atoms with E-state index in [1.165, 1.54) is 0 Å². The Bertz CT molecular complexity index is 14.4. The first-order valence-electron chi connectivity index (χ1n) is 1.13. The van der Waals surface area contributed by atoms with Crippen LogP contribution in [-0.2, 0) is 20.1 Å². The van der Waals surface area contributed by atoms with E-state index in [-0.39, 0.29) is 20.1 Å². The molecule has 0 spiro atoms. The quantitative estimate of drug-likeness (QED) is 0.491. The van der Waals surface area contributed by atoms with Crippen molar-refractivity contribution >= 4 is 15.1 Å². The number of rotatable bonds is 0. The van der Waals surface area contributed by atoms with Gasteiger partial charge in [-0.15, -0.1) is 0 Å². The van der Waals surface area contributed by atoms with Crippen molar-refractivity contribution in [2.24, 2.45) is 0 Å². The first-order valence-corrected chi connectivity index (χ1v) is 0.552. The van der Waals surface area contributed by atoms with Gasteiger partial charge in [-0.25, -0.2) is 0 Å². The van der Waals surface area contributed by atoms with E-state index in [0.29, 0.717) is 0 Å². The second kappa shape index (κ2) is 9.32. The summed E-state index contributed by atoms with van der Waals surface area (Å²) in [6.45, 7) is 0. The predicted molar refractivity (Wildman–Crippen MR) is 14.0 cm³/mol. The third-order valence-corrected chi connectivity index (χ3v) is 0. The zero-order chi connectivity index (χ0) is 3.58. The smallest absolute Gasteiger partial charge is 0.275 e. The maximum Gasteiger partial charge on any atom is 0.275 e. The van der Waals surface area contributed by atoms with Crippen LogP contribution in [0.5, 0.6) is 0 Å². The van der Waals surface area contributed by atoms with E-state index in [4.69, 9.17) is 1.34 Å². The standard InChI is InChI=1S/B2FH.Ir/c1-2-3;/h2H;/i2D;. The summed E-state index contributed by atoms with van der Waals surface area (Å²) in [4.78, 5) is 0. The second-order valence-corrected chi connectivity index (χ2v) is 0.126. The fourth-order valence-corrected chi connectivity index (χ4v) is 0. The normalized spacial score (nSPS) is 6.75. The summed E-state index contributed by atoms with van der Waals surface area (Å²) in [5.74, 6) is 0. The van der Waals surface area contributed by atoms with Crippen molar-refractivity contribution < 1.29 is 24.4 Å². The molecule has 0 bridgehead atoms. The SMILES string of the molecule is [2H]B([B])F.[Ir]. The van der Waals surface area contributed by atoms with Gasteiger partial charge in [-0.3, -0.25) is 0 Å². The number of hydrogen-bond donors (Lipinski definition) is 0. The molecule has 0 N–H and O–H groups in total. The van der Waals surface area contributed by atoms with Gasteiger partial charge in [0.2, 0.25) is 0 Å². The maximum absolute atomic E-state index is 10.4. The zero-order valence-electron chi connectivity index (χ0n) is 2.87. The molecule has 3 radical (unpaired) electrons. The van der Waals surface area contributed by atoms with Gasteiger partial charge in [0.1, 0.15) is 0 Å². The first kappa shape index (κ1) is 4.71. The second-order valence-electron chi connectivity index (χ2n) is 0.126. The summed E-state index contributed by atoms with van der Waals surface area (Å²) in [6, 6.07) is 0. The van der Waals surface area contributed by atoms with E-state index in [1.54, 1.807) is 0 Å². The van der Waals surface area contributed by atoms with Crippen LogP contribution >= 0.6 is 0 Å². The Kier molecular flexibility index (Phi) is 11.0. The van der Waals surface area contributed by atoms with Crippen LogP contribution < -0.4 is 0 Å². The van der Waals surface area contributed by atoms with E-state index in [0.717, 1.165) is 0 Å². The average molecular weight is 235 g/mol. The minimum absolute atomic E-state index is 0. The third-order valence-electron chi connectivity index (χ3n) is 0. The van der Waals surface area contributed by atoms with E-state index < -0.39 is 7.41 Å². The van der Waals surface area contributed by atoms with Crippen LogP contribution in [0.2, 0.25) is 0 Å². The Balaban J connectivity index is 0. The van der Waals surface area contributed by atoms with Crippen LogP contribution in [0.25, 0.3) is 0 Å². The van der Waals surface area contributed by atoms with Crippen LogP contribution in [0, 0.1) is 0 Å². The van der Waals surface area contributed by atoms with Crippen LogP contribution in [0.1, 0.15) is 0 Å². The molecule has 4 heavy (non-hydrogen) atoms. The summed E-state index contributed by atoms with van der Waals surface area (Å²) in [5, 5.41) is 0. The zero-order valence-corrected chi connectivity index (χ0v) is 4.26. The topological polar surface area (TPSA) is 0 Å². The largest absolute Gasteiger partial charge is 0.354 e. The molecular weight excluding hydrogens is 233 g/mol. The first-order chi connectivity index (χ1) is 1.73. The van der Waals surface area contributed by atoms with E-state index in [9.17, 15) is 4.32 Å². The van der Waals surface area contributed by atoms with Gasteiger partial charge < -0.3 is 4.32 Å². The monoisotopic (exact) mass is 236 g/mol. The molecule has 23 valence electrons. The van der Waals surface area contributed by atoms with Crippen LogP contribution in [0.4, 0.5) is 4.32 Å². The fraction of sp³-hybridized carbons (Fsp3) is 0. The molecule has 0 atom stereocenters. The Hall–Kier alpha value is 0.709. The molecule has 0 aliphatic carbocycles. The van der Waals surface area contributed by atoms with Crippen LogP contribution in [-0.4, -0.2) is 16.5 Å². The molecule has 0 aromatic heterocycles. The van der Waals surface area contributed by atoms with Gasteiger partial charge in [0.25, 0.3) is 7.41 Å². The Morgan fingerprint density at radius 2 is 2.25 bits per heavy atom. The minimum Gasteiger partial charge on any atom is -0.354 e. The molecule has 0 aliphatic rings. The molecular formula is HB2FIr. The summed E-state index contributed by atoms with van der Waals surface area (Å²) >= 11 is 0. The van der Waals surface area contributed by atoms with Crippen molar-refractivity contribution in [3.05, 3.63) is 0 Å². The van der Waals surface area contributed by atoms with Crippen molar-refractivity contribution in [2.45, 2.75) is 0 Å². The molecule has 0 amide bonds. The van der Waals surface area contributed by atoms with Gasteiger partial charge in [-0.05, 0) is 0 Å². The summed E-state index contributed by atoms with van der Waals surface area (Å²) in [7, 11) is 2.19. The van der Waals surface area contributed by atoms with Gasteiger partial charge in [0.05, 0.1) is 7.74 Å². The van der Waals surface area contributed by atoms with Crippen LogP contribution in [0.3, 0.4) is 0 Å². The molecule has 0 aromatic rings. The van der Waals surface area contributed by atoms with Crippen LogP contribution in [0.15, 0.2) is 0 Å². The van der Waals surface area contributed by atoms with Gasteiger partial charge >= 0.3 is 0 Å². The van der Waals surface area contributed by atoms with Gasteiger partial charge in [-0.1, -0.05) is 0 Å².